The van der Waals surface area contributed by atoms with Crippen LogP contribution in [0.3, 0.4) is 0 Å². The number of halogens is 1. The van der Waals surface area contributed by atoms with Crippen LogP contribution in [-0.4, -0.2) is 29.2 Å². The summed E-state index contributed by atoms with van der Waals surface area (Å²) in [5.74, 6) is -0.418. The first-order valence-electron chi connectivity index (χ1n) is 9.93. The number of allylic oxidation sites excluding steroid dienone is 2. The molecule has 0 aliphatic carbocycles. The van der Waals surface area contributed by atoms with Crippen molar-refractivity contribution < 1.29 is 17.4 Å². The van der Waals surface area contributed by atoms with Crippen molar-refractivity contribution in [3.05, 3.63) is 51.2 Å². The minimum atomic E-state index is -3.90. The van der Waals surface area contributed by atoms with Crippen LogP contribution in [0.4, 0.5) is 0 Å². The van der Waals surface area contributed by atoms with Gasteiger partial charge in [0.15, 0.2) is 5.78 Å². The van der Waals surface area contributed by atoms with E-state index in [1.54, 1.807) is 32.9 Å². The molecule has 0 saturated carbocycles. The van der Waals surface area contributed by atoms with Crippen LogP contribution in [-0.2, 0) is 16.7 Å². The first-order valence-corrected chi connectivity index (χ1v) is 11.8. The Bertz CT molecular complexity index is 1100. The summed E-state index contributed by atoms with van der Waals surface area (Å²) in [4.78, 5) is 13.4. The zero-order chi connectivity index (χ0) is 22.8. The molecule has 0 fully saturated rings. The van der Waals surface area contributed by atoms with Crippen LogP contribution in [0.15, 0.2) is 23.9 Å². The zero-order valence-corrected chi connectivity index (χ0v) is 20.1. The average Bonchev–Trinajstić information content (AvgIpc) is 3.08. The van der Waals surface area contributed by atoms with E-state index in [0.29, 0.717) is 23.6 Å². The molecule has 1 aromatic heterocycles. The summed E-state index contributed by atoms with van der Waals surface area (Å²) in [6.45, 7) is 13.3. The molecular weight excluding hydrogens is 424 g/mol. The van der Waals surface area contributed by atoms with Gasteiger partial charge < -0.3 is 4.18 Å². The van der Waals surface area contributed by atoms with E-state index < -0.39 is 15.4 Å². The fraction of sp³-hybridized carbons (Fsp3) is 0.455. The smallest absolute Gasteiger partial charge is 0.313 e. The number of hydrogen-bond donors (Lipinski definition) is 0. The number of nitrogens with zero attached hydrogens (tertiary/aromatic N) is 2. The van der Waals surface area contributed by atoms with E-state index in [1.807, 2.05) is 27.7 Å². The van der Waals surface area contributed by atoms with Crippen LogP contribution in [0.5, 0.6) is 5.88 Å². The molecule has 0 amide bonds. The fourth-order valence-electron chi connectivity index (χ4n) is 3.02. The molecule has 0 bridgehead atoms. The number of carbonyl (C=O) groups is 1. The molecule has 1 atom stereocenters. The lowest BCUT2D eigenvalue weighted by Crippen LogP contribution is -2.24. The summed E-state index contributed by atoms with van der Waals surface area (Å²) in [6.07, 6.45) is 1.75. The average molecular weight is 453 g/mol. The Morgan fingerprint density at radius 3 is 2.37 bits per heavy atom. The lowest BCUT2D eigenvalue weighted by atomic mass is 9.92. The van der Waals surface area contributed by atoms with E-state index in [1.165, 1.54) is 10.9 Å². The quantitative estimate of drug-likeness (QED) is 0.395. The predicted molar refractivity (Wildman–Crippen MR) is 121 cm³/mol. The molecule has 0 aliphatic rings. The maximum Gasteiger partial charge on any atom is 0.313 e. The van der Waals surface area contributed by atoms with Gasteiger partial charge in [0.1, 0.15) is 5.56 Å². The van der Waals surface area contributed by atoms with Crippen molar-refractivity contribution in [3.63, 3.8) is 0 Å². The number of rotatable bonds is 8. The van der Waals surface area contributed by atoms with Crippen LogP contribution >= 0.6 is 11.6 Å². The molecule has 2 aromatic rings. The molecule has 0 spiro atoms. The molecule has 6 nitrogen and oxygen atoms in total. The third-order valence-corrected chi connectivity index (χ3v) is 7.41. The van der Waals surface area contributed by atoms with E-state index in [4.69, 9.17) is 15.8 Å². The summed E-state index contributed by atoms with van der Waals surface area (Å²) < 4.78 is 31.8. The molecule has 0 radical (unpaired) electrons. The molecule has 2 rings (SSSR count). The van der Waals surface area contributed by atoms with Gasteiger partial charge in [0, 0.05) is 17.1 Å². The molecule has 0 aliphatic heterocycles. The lowest BCUT2D eigenvalue weighted by molar-refractivity contribution is 0.103. The van der Waals surface area contributed by atoms with Crippen molar-refractivity contribution in [1.82, 2.24) is 9.78 Å². The normalized spacial score (nSPS) is 12.5. The second kappa shape index (κ2) is 9.35. The second-order valence-corrected chi connectivity index (χ2v) is 9.89. The Morgan fingerprint density at radius 1 is 1.20 bits per heavy atom. The second-order valence-electron chi connectivity index (χ2n) is 7.52. The number of hydrogen-bond acceptors (Lipinski definition) is 5. The molecule has 1 heterocycles. The van der Waals surface area contributed by atoms with Crippen LogP contribution < -0.4 is 4.18 Å². The SMILES string of the molecule is CCC(C)S(=O)(=O)Oc1c(C(=O)c2ccc(Cl)c(C(C)=C(C)C)c2C)cnn1CC. The molecular formula is C22H29ClN2O4S. The standard InChI is InChI=1S/C22H29ClN2O4S/c1-8-14(5)30(27,28)29-22-18(12-24-25(22)9-2)21(26)17-10-11-19(23)20(16(17)7)15(6)13(3)4/h10-12,14H,8-9H2,1-7H3. The van der Waals surface area contributed by atoms with Crippen LogP contribution in [0.25, 0.3) is 5.57 Å². The van der Waals surface area contributed by atoms with Gasteiger partial charge in [0.2, 0.25) is 5.88 Å². The third kappa shape index (κ3) is 4.62. The third-order valence-electron chi connectivity index (χ3n) is 5.38. The minimum Gasteiger partial charge on any atom is -0.361 e. The maximum atomic E-state index is 13.4. The van der Waals surface area contributed by atoms with Crippen LogP contribution in [0, 0.1) is 6.92 Å². The van der Waals surface area contributed by atoms with Gasteiger partial charge in [-0.15, -0.1) is 0 Å². The largest absolute Gasteiger partial charge is 0.361 e. The van der Waals surface area contributed by atoms with E-state index >= 15 is 0 Å². The molecule has 8 heteroatoms. The first kappa shape index (κ1) is 24.2. The topological polar surface area (TPSA) is 78.3 Å². The molecule has 0 N–H and O–H groups in total. The van der Waals surface area contributed by atoms with Gasteiger partial charge >= 0.3 is 10.1 Å². The van der Waals surface area contributed by atoms with Crippen molar-refractivity contribution in [2.45, 2.75) is 66.7 Å². The van der Waals surface area contributed by atoms with Gasteiger partial charge in [0.25, 0.3) is 0 Å². The molecule has 164 valence electrons. The number of ketones is 1. The summed E-state index contributed by atoms with van der Waals surface area (Å²) in [5.41, 5.74) is 4.15. The summed E-state index contributed by atoms with van der Waals surface area (Å²) in [6, 6.07) is 3.34. The molecule has 0 saturated heterocycles. The Balaban J connectivity index is 2.63. The lowest BCUT2D eigenvalue weighted by Gasteiger charge is -2.16. The van der Waals surface area contributed by atoms with Crippen molar-refractivity contribution in [1.29, 1.82) is 0 Å². The minimum absolute atomic E-state index is 0.0577. The van der Waals surface area contributed by atoms with Gasteiger partial charge in [-0.3, -0.25) is 4.79 Å². The van der Waals surface area contributed by atoms with E-state index in [-0.39, 0.29) is 17.2 Å². The highest BCUT2D eigenvalue weighted by Gasteiger charge is 2.29. The van der Waals surface area contributed by atoms with E-state index in [0.717, 1.165) is 22.3 Å². The van der Waals surface area contributed by atoms with Crippen LogP contribution in [0.1, 0.15) is 75.0 Å². The number of aromatic nitrogens is 2. The van der Waals surface area contributed by atoms with Gasteiger partial charge in [-0.05, 0) is 76.8 Å². The van der Waals surface area contributed by atoms with E-state index in [2.05, 4.69) is 5.10 Å². The summed E-state index contributed by atoms with van der Waals surface area (Å²) in [5, 5.41) is 4.01. The number of benzene rings is 1. The van der Waals surface area contributed by atoms with Crippen molar-refractivity contribution in [2.75, 3.05) is 0 Å². The van der Waals surface area contributed by atoms with Crippen molar-refractivity contribution in [2.24, 2.45) is 0 Å². The van der Waals surface area contributed by atoms with Gasteiger partial charge in [-0.1, -0.05) is 24.1 Å². The zero-order valence-electron chi connectivity index (χ0n) is 18.5. The van der Waals surface area contributed by atoms with Gasteiger partial charge in [-0.25, -0.2) is 4.68 Å². The number of carbonyl (C=O) groups excluding carboxylic acids is 1. The van der Waals surface area contributed by atoms with Gasteiger partial charge in [-0.2, -0.15) is 13.5 Å². The number of aryl methyl sites for hydroxylation is 1. The molecule has 1 unspecified atom stereocenters. The highest BCUT2D eigenvalue weighted by molar-refractivity contribution is 7.87. The monoisotopic (exact) mass is 452 g/mol. The highest BCUT2D eigenvalue weighted by atomic mass is 35.5. The molecule has 1 aromatic carbocycles. The van der Waals surface area contributed by atoms with E-state index in [9.17, 15) is 13.2 Å². The Morgan fingerprint density at radius 2 is 1.83 bits per heavy atom. The Hall–Kier alpha value is -2.12. The summed E-state index contributed by atoms with van der Waals surface area (Å²) >= 11 is 6.42. The van der Waals surface area contributed by atoms with Crippen LogP contribution in [0.2, 0.25) is 5.02 Å². The Labute approximate surface area is 184 Å². The fourth-order valence-corrected chi connectivity index (χ4v) is 4.33. The van der Waals surface area contributed by atoms with Crippen molar-refractivity contribution >= 4 is 33.1 Å². The highest BCUT2D eigenvalue weighted by Crippen LogP contribution is 2.33. The van der Waals surface area contributed by atoms with Crippen molar-refractivity contribution in [3.8, 4) is 5.88 Å². The van der Waals surface area contributed by atoms with Gasteiger partial charge in [0.05, 0.1) is 11.4 Å². The maximum absolute atomic E-state index is 13.4. The molecule has 30 heavy (non-hydrogen) atoms. The summed E-state index contributed by atoms with van der Waals surface area (Å²) in [7, 11) is -3.90. The first-order chi connectivity index (χ1) is 14.0. The Kier molecular flexibility index (Phi) is 7.53. The predicted octanol–water partition coefficient (Wildman–Crippen LogP) is 5.42.